The van der Waals surface area contributed by atoms with Crippen LogP contribution in [-0.4, -0.2) is 19.7 Å². The van der Waals surface area contributed by atoms with Gasteiger partial charge in [-0.3, -0.25) is 0 Å². The van der Waals surface area contributed by atoms with E-state index < -0.39 is 6.17 Å². The first-order valence-corrected chi connectivity index (χ1v) is 6.95. The van der Waals surface area contributed by atoms with Gasteiger partial charge in [0.2, 0.25) is 0 Å². The van der Waals surface area contributed by atoms with Crippen LogP contribution in [-0.2, 0) is 6.42 Å². The Morgan fingerprint density at radius 1 is 1.33 bits per heavy atom. The molecule has 2 aliphatic rings. The van der Waals surface area contributed by atoms with Crippen LogP contribution in [0.15, 0.2) is 18.2 Å². The second-order valence-electron chi connectivity index (χ2n) is 5.30. The van der Waals surface area contributed by atoms with Crippen molar-refractivity contribution in [1.82, 2.24) is 5.32 Å². The van der Waals surface area contributed by atoms with Gasteiger partial charge in [0, 0.05) is 18.0 Å². The highest BCUT2D eigenvalue weighted by Gasteiger charge is 2.28. The predicted molar refractivity (Wildman–Crippen MR) is 69.7 cm³/mol. The average Bonchev–Trinajstić information content (AvgIpc) is 2.47. The second kappa shape index (κ2) is 5.27. The van der Waals surface area contributed by atoms with Crippen molar-refractivity contribution in [2.45, 2.75) is 31.9 Å². The van der Waals surface area contributed by atoms with Crippen molar-refractivity contribution in [1.29, 1.82) is 0 Å². The molecule has 0 spiro atoms. The van der Waals surface area contributed by atoms with E-state index in [1.165, 1.54) is 5.56 Å². The molecule has 0 bridgehead atoms. The standard InChI is InChI=1S/C15H20FNO/c16-14(12-5-2-8-17-10-12)13-7-1-4-11-6-3-9-18-15(11)13/h1,4,7,12,14,17H,2-3,5-6,8-10H2. The fourth-order valence-corrected chi connectivity index (χ4v) is 3.01. The highest BCUT2D eigenvalue weighted by Crippen LogP contribution is 2.39. The first-order valence-electron chi connectivity index (χ1n) is 6.95. The van der Waals surface area contributed by atoms with Crippen molar-refractivity contribution in [3.63, 3.8) is 0 Å². The number of alkyl halides is 1. The van der Waals surface area contributed by atoms with Crippen molar-refractivity contribution in [2.24, 2.45) is 5.92 Å². The summed E-state index contributed by atoms with van der Waals surface area (Å²) in [6.45, 7) is 2.52. The van der Waals surface area contributed by atoms with Crippen LogP contribution in [0.5, 0.6) is 5.75 Å². The number of hydrogen-bond acceptors (Lipinski definition) is 2. The molecule has 0 aliphatic carbocycles. The van der Waals surface area contributed by atoms with Crippen LogP contribution in [0.25, 0.3) is 0 Å². The number of para-hydroxylation sites is 1. The zero-order valence-corrected chi connectivity index (χ0v) is 10.6. The largest absolute Gasteiger partial charge is 0.493 e. The third-order valence-electron chi connectivity index (χ3n) is 4.01. The van der Waals surface area contributed by atoms with Crippen molar-refractivity contribution in [3.05, 3.63) is 29.3 Å². The van der Waals surface area contributed by atoms with Gasteiger partial charge in [-0.1, -0.05) is 18.2 Å². The van der Waals surface area contributed by atoms with Gasteiger partial charge in [-0.05, 0) is 37.8 Å². The summed E-state index contributed by atoms with van der Waals surface area (Å²) in [6, 6.07) is 5.92. The minimum absolute atomic E-state index is 0.0933. The topological polar surface area (TPSA) is 21.3 Å². The molecule has 1 saturated heterocycles. The van der Waals surface area contributed by atoms with Crippen molar-refractivity contribution < 1.29 is 9.13 Å². The van der Waals surface area contributed by atoms with Gasteiger partial charge in [0.05, 0.1) is 6.61 Å². The zero-order valence-electron chi connectivity index (χ0n) is 10.6. The molecule has 3 heteroatoms. The van der Waals surface area contributed by atoms with Crippen molar-refractivity contribution in [3.8, 4) is 5.75 Å². The number of halogens is 1. The Labute approximate surface area is 108 Å². The molecule has 2 unspecified atom stereocenters. The molecule has 1 N–H and O–H groups in total. The Kier molecular flexibility index (Phi) is 3.50. The van der Waals surface area contributed by atoms with Crippen LogP contribution >= 0.6 is 0 Å². The molecule has 1 fully saturated rings. The highest BCUT2D eigenvalue weighted by atomic mass is 19.1. The quantitative estimate of drug-likeness (QED) is 0.870. The smallest absolute Gasteiger partial charge is 0.133 e. The van der Waals surface area contributed by atoms with E-state index in [2.05, 4.69) is 11.4 Å². The molecule has 2 nitrogen and oxygen atoms in total. The van der Waals surface area contributed by atoms with Crippen LogP contribution in [0, 0.1) is 5.92 Å². The van der Waals surface area contributed by atoms with E-state index in [1.54, 1.807) is 0 Å². The van der Waals surface area contributed by atoms with Gasteiger partial charge in [0.1, 0.15) is 11.9 Å². The van der Waals surface area contributed by atoms with E-state index in [9.17, 15) is 4.39 Å². The minimum atomic E-state index is -0.897. The summed E-state index contributed by atoms with van der Waals surface area (Å²) in [5.41, 5.74) is 1.94. The van der Waals surface area contributed by atoms with E-state index in [0.717, 1.165) is 56.7 Å². The highest BCUT2D eigenvalue weighted by molar-refractivity contribution is 5.44. The van der Waals surface area contributed by atoms with Crippen LogP contribution in [0.3, 0.4) is 0 Å². The lowest BCUT2D eigenvalue weighted by atomic mass is 9.88. The molecular weight excluding hydrogens is 229 g/mol. The summed E-state index contributed by atoms with van der Waals surface area (Å²) >= 11 is 0. The lowest BCUT2D eigenvalue weighted by Gasteiger charge is -2.28. The first kappa shape index (κ1) is 12.0. The molecule has 2 aliphatic heterocycles. The monoisotopic (exact) mass is 249 g/mol. The Morgan fingerprint density at radius 3 is 3.11 bits per heavy atom. The van der Waals surface area contributed by atoms with Gasteiger partial charge >= 0.3 is 0 Å². The molecule has 0 radical (unpaired) electrons. The second-order valence-corrected chi connectivity index (χ2v) is 5.30. The van der Waals surface area contributed by atoms with E-state index in [-0.39, 0.29) is 5.92 Å². The Balaban J connectivity index is 1.86. The number of piperidine rings is 1. The number of benzene rings is 1. The number of nitrogens with one attached hydrogen (secondary N) is 1. The van der Waals surface area contributed by atoms with Crippen LogP contribution in [0.4, 0.5) is 4.39 Å². The van der Waals surface area contributed by atoms with Gasteiger partial charge in [-0.25, -0.2) is 4.39 Å². The minimum Gasteiger partial charge on any atom is -0.493 e. The average molecular weight is 249 g/mol. The van der Waals surface area contributed by atoms with Gasteiger partial charge in [0.15, 0.2) is 0 Å². The van der Waals surface area contributed by atoms with Gasteiger partial charge in [-0.2, -0.15) is 0 Å². The maximum Gasteiger partial charge on any atom is 0.133 e. The summed E-state index contributed by atoms with van der Waals surface area (Å²) < 4.78 is 20.4. The van der Waals surface area contributed by atoms with Crippen LogP contribution < -0.4 is 10.1 Å². The van der Waals surface area contributed by atoms with E-state index in [1.807, 2.05) is 12.1 Å². The van der Waals surface area contributed by atoms with E-state index in [0.29, 0.717) is 0 Å². The molecule has 18 heavy (non-hydrogen) atoms. The summed E-state index contributed by atoms with van der Waals surface area (Å²) in [5, 5.41) is 3.28. The Morgan fingerprint density at radius 2 is 2.28 bits per heavy atom. The number of ether oxygens (including phenoxy) is 1. The SMILES string of the molecule is FC(c1cccc2c1OCCC2)C1CCCNC1. The normalized spacial score (nSPS) is 25.1. The van der Waals surface area contributed by atoms with Crippen LogP contribution in [0.2, 0.25) is 0 Å². The fraction of sp³-hybridized carbons (Fsp3) is 0.600. The predicted octanol–water partition coefficient (Wildman–Crippen LogP) is 3.02. The molecule has 2 heterocycles. The number of hydrogen-bond donors (Lipinski definition) is 1. The first-order chi connectivity index (χ1) is 8.86. The molecule has 0 saturated carbocycles. The van der Waals surface area contributed by atoms with Crippen LogP contribution in [0.1, 0.15) is 36.6 Å². The molecule has 98 valence electrons. The summed E-state index contributed by atoms with van der Waals surface area (Å²) in [4.78, 5) is 0. The number of rotatable bonds is 2. The molecular formula is C15H20FNO. The number of aryl methyl sites for hydroxylation is 1. The molecule has 2 atom stereocenters. The van der Waals surface area contributed by atoms with Crippen molar-refractivity contribution >= 4 is 0 Å². The molecule has 1 aromatic carbocycles. The third-order valence-corrected chi connectivity index (χ3v) is 4.01. The molecule has 1 aromatic rings. The molecule has 0 amide bonds. The lowest BCUT2D eigenvalue weighted by Crippen LogP contribution is -2.32. The third kappa shape index (κ3) is 2.24. The maximum absolute atomic E-state index is 14.7. The lowest BCUT2D eigenvalue weighted by molar-refractivity contribution is 0.185. The van der Waals surface area contributed by atoms with Crippen molar-refractivity contribution in [2.75, 3.05) is 19.7 Å². The van der Waals surface area contributed by atoms with E-state index in [4.69, 9.17) is 4.74 Å². The maximum atomic E-state index is 14.7. The molecule has 0 aromatic heterocycles. The zero-order chi connectivity index (χ0) is 12.4. The van der Waals surface area contributed by atoms with Gasteiger partial charge in [-0.15, -0.1) is 0 Å². The summed E-state index contributed by atoms with van der Waals surface area (Å²) in [5.74, 6) is 0.914. The van der Waals surface area contributed by atoms with Gasteiger partial charge in [0.25, 0.3) is 0 Å². The Bertz CT molecular complexity index is 415. The summed E-state index contributed by atoms with van der Waals surface area (Å²) in [6.07, 6.45) is 3.20. The van der Waals surface area contributed by atoms with Gasteiger partial charge < -0.3 is 10.1 Å². The number of fused-ring (bicyclic) bond motifs is 1. The fourth-order valence-electron chi connectivity index (χ4n) is 3.01. The summed E-state index contributed by atoms with van der Waals surface area (Å²) in [7, 11) is 0. The Hall–Kier alpha value is -1.09. The molecule has 3 rings (SSSR count). The van der Waals surface area contributed by atoms with E-state index >= 15 is 0 Å².